The summed E-state index contributed by atoms with van der Waals surface area (Å²) < 4.78 is 16.7. The number of hydrogen-bond donors (Lipinski definition) is 0. The average Bonchev–Trinajstić information content (AvgIpc) is 2.95. The summed E-state index contributed by atoms with van der Waals surface area (Å²) in [5.41, 5.74) is 1.04. The van der Waals surface area contributed by atoms with Gasteiger partial charge in [0, 0.05) is 12.8 Å². The highest BCUT2D eigenvalue weighted by Crippen LogP contribution is 2.38. The molecule has 1 spiro atoms. The Bertz CT molecular complexity index is 487. The molecule has 2 fully saturated rings. The van der Waals surface area contributed by atoms with E-state index < -0.39 is 5.97 Å². The number of nitrogens with zero attached hydrogens (tertiary/aromatic N) is 2. The summed E-state index contributed by atoms with van der Waals surface area (Å²) >= 11 is 0. The molecule has 0 aromatic carbocycles. The third-order valence-corrected chi connectivity index (χ3v) is 4.14. The zero-order valence-corrected chi connectivity index (χ0v) is 12.2. The minimum absolute atomic E-state index is 0.260. The van der Waals surface area contributed by atoms with E-state index in [0.29, 0.717) is 25.7 Å². The maximum absolute atomic E-state index is 11.9. The maximum atomic E-state index is 11.9. The van der Waals surface area contributed by atoms with Gasteiger partial charge in [0.05, 0.1) is 25.5 Å². The van der Waals surface area contributed by atoms with Gasteiger partial charge in [0.25, 0.3) is 0 Å². The quantitative estimate of drug-likeness (QED) is 0.792. The second-order valence-electron chi connectivity index (χ2n) is 5.71. The van der Waals surface area contributed by atoms with Crippen molar-refractivity contribution < 1.29 is 19.0 Å². The number of esters is 1. The van der Waals surface area contributed by atoms with Gasteiger partial charge in [-0.2, -0.15) is 5.10 Å². The average molecular weight is 292 g/mol. The largest absolute Gasteiger partial charge is 0.461 e. The lowest BCUT2D eigenvalue weighted by Gasteiger charge is -2.35. The molecule has 3 rings (SSSR count). The molecule has 2 heterocycles. The van der Waals surface area contributed by atoms with Crippen LogP contribution in [-0.2, 0) is 14.2 Å². The molecule has 1 saturated carbocycles. The van der Waals surface area contributed by atoms with Crippen LogP contribution in [0.1, 0.15) is 41.9 Å². The third kappa shape index (κ3) is 3.39. The molecule has 1 aliphatic carbocycles. The Balaban J connectivity index is 1.45. The molecule has 1 aromatic rings. The van der Waals surface area contributed by atoms with Gasteiger partial charge < -0.3 is 14.2 Å². The Morgan fingerprint density at radius 3 is 2.62 bits per heavy atom. The fourth-order valence-electron chi connectivity index (χ4n) is 2.85. The van der Waals surface area contributed by atoms with Crippen LogP contribution < -0.4 is 0 Å². The molecule has 1 aliphatic heterocycles. The van der Waals surface area contributed by atoms with Crippen LogP contribution in [0.3, 0.4) is 0 Å². The van der Waals surface area contributed by atoms with Gasteiger partial charge in [0.15, 0.2) is 11.5 Å². The highest BCUT2D eigenvalue weighted by Gasteiger charge is 2.40. The van der Waals surface area contributed by atoms with Crippen molar-refractivity contribution in [3.63, 3.8) is 0 Å². The van der Waals surface area contributed by atoms with Crippen molar-refractivity contribution in [3.8, 4) is 0 Å². The van der Waals surface area contributed by atoms with E-state index in [1.165, 1.54) is 0 Å². The van der Waals surface area contributed by atoms with Crippen LogP contribution in [0.2, 0.25) is 0 Å². The summed E-state index contributed by atoms with van der Waals surface area (Å²) in [6.07, 6.45) is 3.65. The molecule has 1 aromatic heterocycles. The Hall–Kier alpha value is -1.53. The molecule has 6 nitrogen and oxygen atoms in total. The third-order valence-electron chi connectivity index (χ3n) is 4.14. The number of aromatic nitrogens is 2. The second-order valence-corrected chi connectivity index (χ2v) is 5.71. The van der Waals surface area contributed by atoms with Crippen molar-refractivity contribution in [3.05, 3.63) is 23.5 Å². The molecule has 0 atom stereocenters. The molecule has 0 unspecified atom stereocenters. The first kappa shape index (κ1) is 14.4. The lowest BCUT2D eigenvalue weighted by Crippen LogP contribution is -2.36. The van der Waals surface area contributed by atoms with Gasteiger partial charge in [0.1, 0.15) is 0 Å². The summed E-state index contributed by atoms with van der Waals surface area (Å²) in [7, 11) is 0. The first-order valence-electron chi connectivity index (χ1n) is 7.42. The minimum Gasteiger partial charge on any atom is -0.461 e. The Morgan fingerprint density at radius 1 is 1.29 bits per heavy atom. The zero-order valence-electron chi connectivity index (χ0n) is 12.2. The van der Waals surface area contributed by atoms with Crippen molar-refractivity contribution in [2.24, 2.45) is 5.92 Å². The van der Waals surface area contributed by atoms with E-state index in [2.05, 4.69) is 10.2 Å². The molecule has 1 saturated heterocycles. The normalized spacial score (nSPS) is 21.6. The molecule has 114 valence electrons. The van der Waals surface area contributed by atoms with Crippen molar-refractivity contribution in [1.29, 1.82) is 0 Å². The molecule has 0 radical (unpaired) electrons. The van der Waals surface area contributed by atoms with Crippen molar-refractivity contribution in [2.75, 3.05) is 19.8 Å². The number of aryl methyl sites for hydroxylation is 1. The lowest BCUT2D eigenvalue weighted by atomic mass is 9.85. The predicted octanol–water partition coefficient (Wildman–Crippen LogP) is 1.88. The summed E-state index contributed by atoms with van der Waals surface area (Å²) in [5.74, 6) is -0.398. The van der Waals surface area contributed by atoms with Gasteiger partial charge in [0.2, 0.25) is 0 Å². The van der Waals surface area contributed by atoms with Crippen LogP contribution in [-0.4, -0.2) is 41.8 Å². The monoisotopic (exact) mass is 292 g/mol. The van der Waals surface area contributed by atoms with Crippen LogP contribution in [0.15, 0.2) is 12.1 Å². The second kappa shape index (κ2) is 6.07. The maximum Gasteiger partial charge on any atom is 0.358 e. The summed E-state index contributed by atoms with van der Waals surface area (Å²) in [6, 6.07) is 3.39. The molecule has 6 heteroatoms. The van der Waals surface area contributed by atoms with Crippen molar-refractivity contribution in [2.45, 2.75) is 38.4 Å². The molecule has 21 heavy (non-hydrogen) atoms. The van der Waals surface area contributed by atoms with Crippen molar-refractivity contribution in [1.82, 2.24) is 10.2 Å². The highest BCUT2D eigenvalue weighted by atomic mass is 16.7. The molecule has 2 aliphatic rings. The first-order chi connectivity index (χ1) is 10.2. The van der Waals surface area contributed by atoms with Crippen LogP contribution in [0.4, 0.5) is 0 Å². The van der Waals surface area contributed by atoms with E-state index in [-0.39, 0.29) is 11.5 Å². The SMILES string of the molecule is Cc1ccc(C(=O)OCC2CCC3(CC2)OCCO3)nn1. The Kier molecular flexibility index (Phi) is 4.17. The van der Waals surface area contributed by atoms with E-state index in [1.807, 2.05) is 6.92 Å². The fraction of sp³-hybridized carbons (Fsp3) is 0.667. The molecular weight excluding hydrogens is 272 g/mol. The van der Waals surface area contributed by atoms with Gasteiger partial charge in [-0.25, -0.2) is 4.79 Å². The van der Waals surface area contributed by atoms with Crippen LogP contribution >= 0.6 is 0 Å². The smallest absolute Gasteiger partial charge is 0.358 e. The zero-order chi connectivity index (χ0) is 14.7. The lowest BCUT2D eigenvalue weighted by molar-refractivity contribution is -0.183. The Morgan fingerprint density at radius 2 is 2.00 bits per heavy atom. The van der Waals surface area contributed by atoms with Crippen LogP contribution in [0.5, 0.6) is 0 Å². The number of rotatable bonds is 3. The van der Waals surface area contributed by atoms with E-state index in [4.69, 9.17) is 14.2 Å². The van der Waals surface area contributed by atoms with Crippen LogP contribution in [0, 0.1) is 12.8 Å². The number of ether oxygens (including phenoxy) is 3. The highest BCUT2D eigenvalue weighted by molar-refractivity contribution is 5.86. The van der Waals surface area contributed by atoms with Gasteiger partial charge in [-0.05, 0) is 37.8 Å². The summed E-state index contributed by atoms with van der Waals surface area (Å²) in [4.78, 5) is 11.9. The first-order valence-corrected chi connectivity index (χ1v) is 7.42. The molecule has 0 amide bonds. The number of hydrogen-bond acceptors (Lipinski definition) is 6. The van der Waals surface area contributed by atoms with E-state index in [0.717, 1.165) is 31.4 Å². The van der Waals surface area contributed by atoms with Gasteiger partial charge >= 0.3 is 5.97 Å². The summed E-state index contributed by atoms with van der Waals surface area (Å²) in [5, 5.41) is 7.69. The van der Waals surface area contributed by atoms with Crippen molar-refractivity contribution >= 4 is 5.97 Å². The van der Waals surface area contributed by atoms with Gasteiger partial charge in [-0.15, -0.1) is 5.10 Å². The van der Waals surface area contributed by atoms with Gasteiger partial charge in [-0.1, -0.05) is 0 Å². The van der Waals surface area contributed by atoms with E-state index in [1.54, 1.807) is 12.1 Å². The molecule has 0 bridgehead atoms. The molecule has 0 N–H and O–H groups in total. The fourth-order valence-corrected chi connectivity index (χ4v) is 2.85. The predicted molar refractivity (Wildman–Crippen MR) is 73.6 cm³/mol. The van der Waals surface area contributed by atoms with E-state index in [9.17, 15) is 4.79 Å². The minimum atomic E-state index is -0.406. The van der Waals surface area contributed by atoms with Crippen LogP contribution in [0.25, 0.3) is 0 Å². The molecular formula is C15H20N2O4. The number of carbonyl (C=O) groups excluding carboxylic acids is 1. The standard InChI is InChI=1S/C15H20N2O4/c1-11-2-3-13(17-16-11)14(18)19-10-12-4-6-15(7-5-12)20-8-9-21-15/h2-3,12H,4-10H2,1H3. The Labute approximate surface area is 123 Å². The summed E-state index contributed by atoms with van der Waals surface area (Å²) in [6.45, 7) is 3.62. The van der Waals surface area contributed by atoms with E-state index >= 15 is 0 Å². The number of carbonyl (C=O) groups is 1. The topological polar surface area (TPSA) is 70.5 Å². The van der Waals surface area contributed by atoms with Gasteiger partial charge in [-0.3, -0.25) is 0 Å².